The van der Waals surface area contributed by atoms with E-state index in [-0.39, 0.29) is 24.8 Å². The molecular formula is C42H56F2N6O9S. The number of halogens is 2. The number of benzene rings is 1. The molecule has 4 amide bonds. The van der Waals surface area contributed by atoms with Crippen molar-refractivity contribution in [3.05, 3.63) is 36.0 Å². The highest BCUT2D eigenvalue weighted by molar-refractivity contribution is 7.91. The normalized spacial score (nSPS) is 30.2. The van der Waals surface area contributed by atoms with Crippen LogP contribution in [0.5, 0.6) is 11.6 Å². The number of hydrogen-bond acceptors (Lipinski definition) is 11. The molecule has 60 heavy (non-hydrogen) atoms. The molecular weight excluding hydrogens is 803 g/mol. The van der Waals surface area contributed by atoms with E-state index in [1.807, 2.05) is 16.9 Å². The molecule has 2 bridgehead atoms. The predicted octanol–water partition coefficient (Wildman–Crippen LogP) is 4.96. The lowest BCUT2D eigenvalue weighted by Crippen LogP contribution is -2.61. The Hall–Kier alpha value is -4.61. The number of alkyl halides is 2. The summed E-state index contributed by atoms with van der Waals surface area (Å²) in [6.45, 7) is 6.88. The number of allylic oxidation sites excluding steroid dienone is 1. The maximum absolute atomic E-state index is 15.0. The number of sulfonamides is 1. The van der Waals surface area contributed by atoms with Gasteiger partial charge in [0.1, 0.15) is 41.3 Å². The molecule has 3 heterocycles. The second-order valence-corrected chi connectivity index (χ2v) is 19.9. The summed E-state index contributed by atoms with van der Waals surface area (Å²) in [6.07, 6.45) is 4.37. The van der Waals surface area contributed by atoms with Crippen LogP contribution in [0.15, 0.2) is 30.4 Å². The standard InChI is InChI=1S/C42H56F2N6O9S/c1-6-26-32-22-50(33(26)36(51)48-42(21-27(42)35(43)44)39(53)49-60(55,56)25-17-18-25)38(52)34(41(2,3)4)47-40(54)59-31-15-11-10-13-23(31)12-8-7-9-14-29-37(58-32)46-30-20-24(57-5)16-19-28(30)45-29/h10-11,16,19-20,23,25-27,31-35H,6-9,12-15,17-18,21-22H2,1-5H3,(H,47,54)(H,48,51)(H,49,53)/t23-,26-,27+,31-,32+,33+,34-,42-/m1/s1. The van der Waals surface area contributed by atoms with Crippen molar-refractivity contribution in [2.75, 3.05) is 13.7 Å². The quantitative estimate of drug-likeness (QED) is 0.304. The van der Waals surface area contributed by atoms with Gasteiger partial charge in [-0.1, -0.05) is 52.7 Å². The van der Waals surface area contributed by atoms with E-state index in [2.05, 4.69) is 16.7 Å². The molecule has 3 aliphatic carbocycles. The first kappa shape index (κ1) is 43.5. The van der Waals surface area contributed by atoms with Crippen LogP contribution in [0.3, 0.4) is 0 Å². The SMILES string of the molecule is CC[C@@H]1[C@@H]2CN(C(=O)[C@H](C(C)(C)C)NC(=O)O[C@@H]3CC=CC[C@H]3CCCCCc3nc4ccc(OC)cc4nc3O2)[C@@H]1C(=O)N[C@]1(C(=O)NS(=O)(=O)C2CC2)C[C@H]1C(F)F. The fourth-order valence-electron chi connectivity index (χ4n) is 8.94. The summed E-state index contributed by atoms with van der Waals surface area (Å²) >= 11 is 0. The minimum Gasteiger partial charge on any atom is -0.497 e. The molecule has 1 aromatic heterocycles. The van der Waals surface area contributed by atoms with Crippen LogP contribution >= 0.6 is 0 Å². The maximum atomic E-state index is 15.0. The highest BCUT2D eigenvalue weighted by Gasteiger charge is 2.67. The molecule has 1 aromatic carbocycles. The topological polar surface area (TPSA) is 195 Å². The molecule has 18 heteroatoms. The zero-order chi connectivity index (χ0) is 43.1. The number of methoxy groups -OCH3 is 1. The largest absolute Gasteiger partial charge is 0.497 e. The third-order valence-corrected chi connectivity index (χ3v) is 14.5. The number of amides is 4. The second-order valence-electron chi connectivity index (χ2n) is 18.0. The molecule has 3 fully saturated rings. The molecule has 15 nitrogen and oxygen atoms in total. The number of aryl methyl sites for hydroxylation is 1. The minimum absolute atomic E-state index is 0.0683. The predicted molar refractivity (Wildman–Crippen MR) is 216 cm³/mol. The monoisotopic (exact) mass is 858 g/mol. The van der Waals surface area contributed by atoms with Crippen LogP contribution in [0.1, 0.15) is 97.6 Å². The third kappa shape index (κ3) is 9.03. The van der Waals surface area contributed by atoms with Crippen molar-refractivity contribution in [2.45, 2.75) is 140 Å². The molecule has 7 rings (SSSR count). The summed E-state index contributed by atoms with van der Waals surface area (Å²) in [7, 11) is -2.62. The number of carbonyl (C=O) groups is 4. The van der Waals surface area contributed by atoms with Gasteiger partial charge in [0, 0.05) is 18.4 Å². The van der Waals surface area contributed by atoms with Crippen LogP contribution in [0, 0.1) is 23.2 Å². The molecule has 1 saturated heterocycles. The zero-order valence-corrected chi connectivity index (χ0v) is 35.6. The summed E-state index contributed by atoms with van der Waals surface area (Å²) in [4.78, 5) is 68.1. The number of aromatic nitrogens is 2. The number of rotatable bonds is 8. The van der Waals surface area contributed by atoms with Crippen LogP contribution < -0.4 is 24.8 Å². The number of nitrogens with one attached hydrogen (secondary N) is 3. The van der Waals surface area contributed by atoms with Gasteiger partial charge in [-0.15, -0.1) is 0 Å². The van der Waals surface area contributed by atoms with E-state index in [1.165, 1.54) is 12.0 Å². The first-order valence-corrected chi connectivity index (χ1v) is 22.6. The zero-order valence-electron chi connectivity index (χ0n) is 34.7. The average Bonchev–Trinajstić information content (AvgIpc) is 4.13. The van der Waals surface area contributed by atoms with Crippen LogP contribution in [-0.4, -0.2) is 102 Å². The van der Waals surface area contributed by atoms with E-state index in [4.69, 9.17) is 24.2 Å². The lowest BCUT2D eigenvalue weighted by molar-refractivity contribution is -0.144. The number of alkyl carbamates (subject to hydrolysis) is 1. The average molecular weight is 859 g/mol. The lowest BCUT2D eigenvalue weighted by Gasteiger charge is -2.36. The Kier molecular flexibility index (Phi) is 12.3. The molecule has 2 aromatic rings. The maximum Gasteiger partial charge on any atom is 0.408 e. The molecule has 2 aliphatic heterocycles. The Morgan fingerprint density at radius 1 is 1.03 bits per heavy atom. The summed E-state index contributed by atoms with van der Waals surface area (Å²) in [5.41, 5.74) is -1.46. The second kappa shape index (κ2) is 17.0. The number of fused-ring (bicyclic) bond motifs is 5. The van der Waals surface area contributed by atoms with Crippen LogP contribution in [0.25, 0.3) is 11.0 Å². The van der Waals surface area contributed by atoms with E-state index in [9.17, 15) is 36.4 Å². The Morgan fingerprint density at radius 2 is 1.78 bits per heavy atom. The van der Waals surface area contributed by atoms with Gasteiger partial charge >= 0.3 is 6.09 Å². The molecule has 328 valence electrons. The Labute approximate surface area is 349 Å². The number of hydrogen-bond donors (Lipinski definition) is 3. The smallest absolute Gasteiger partial charge is 0.408 e. The van der Waals surface area contributed by atoms with Gasteiger partial charge in [-0.25, -0.2) is 32.0 Å². The Morgan fingerprint density at radius 3 is 2.45 bits per heavy atom. The molecule has 2 saturated carbocycles. The van der Waals surface area contributed by atoms with Crippen LogP contribution in [0.2, 0.25) is 0 Å². The fraction of sp³-hybridized carbons (Fsp3) is 0.667. The van der Waals surface area contributed by atoms with Gasteiger partial charge in [0.2, 0.25) is 34.1 Å². The van der Waals surface area contributed by atoms with Crippen LogP contribution in [0.4, 0.5) is 13.6 Å². The number of ether oxygens (including phenoxy) is 3. The summed E-state index contributed by atoms with van der Waals surface area (Å²) in [5, 5.41) is 4.49. The summed E-state index contributed by atoms with van der Waals surface area (Å²) in [6, 6.07) is 2.70. The van der Waals surface area contributed by atoms with Gasteiger partial charge in [-0.05, 0) is 74.8 Å². The van der Waals surface area contributed by atoms with Gasteiger partial charge < -0.3 is 29.7 Å². The Balaban J connectivity index is 1.28. The van der Waals surface area contributed by atoms with Gasteiger partial charge in [0.05, 0.1) is 35.9 Å². The summed E-state index contributed by atoms with van der Waals surface area (Å²) < 4.78 is 74.4. The fourth-order valence-corrected chi connectivity index (χ4v) is 10.3. The van der Waals surface area contributed by atoms with Crippen molar-refractivity contribution in [1.82, 2.24) is 30.2 Å². The van der Waals surface area contributed by atoms with Gasteiger partial charge in [-0.2, -0.15) is 0 Å². The number of carbonyl (C=O) groups excluding carboxylic acids is 4. The minimum atomic E-state index is -4.15. The molecule has 3 N–H and O–H groups in total. The van der Waals surface area contributed by atoms with Crippen molar-refractivity contribution in [2.24, 2.45) is 23.2 Å². The molecule has 0 spiro atoms. The molecule has 5 aliphatic rings. The van der Waals surface area contributed by atoms with Crippen LogP contribution in [-0.2, 0) is 35.6 Å². The van der Waals surface area contributed by atoms with E-state index < -0.39 is 99.0 Å². The summed E-state index contributed by atoms with van der Waals surface area (Å²) in [5.74, 6) is -4.46. The van der Waals surface area contributed by atoms with Gasteiger partial charge in [0.15, 0.2) is 0 Å². The highest BCUT2D eigenvalue weighted by Crippen LogP contribution is 2.49. The van der Waals surface area contributed by atoms with Gasteiger partial charge in [-0.3, -0.25) is 19.1 Å². The number of nitrogens with zero attached hydrogens (tertiary/aromatic N) is 3. The third-order valence-electron chi connectivity index (χ3n) is 12.7. The molecule has 0 unspecified atom stereocenters. The van der Waals surface area contributed by atoms with Crippen molar-refractivity contribution in [3.8, 4) is 11.6 Å². The lowest BCUT2D eigenvalue weighted by atomic mass is 9.85. The molecule has 0 radical (unpaired) electrons. The van der Waals surface area contributed by atoms with E-state index in [1.54, 1.807) is 39.8 Å². The Bertz CT molecular complexity index is 2130. The van der Waals surface area contributed by atoms with Crippen molar-refractivity contribution < 1.29 is 50.6 Å². The van der Waals surface area contributed by atoms with Gasteiger partial charge in [0.25, 0.3) is 5.91 Å². The first-order chi connectivity index (χ1) is 28.4. The molecule has 8 atom stereocenters. The first-order valence-electron chi connectivity index (χ1n) is 21.1. The van der Waals surface area contributed by atoms with Crippen molar-refractivity contribution in [3.63, 3.8) is 0 Å². The highest BCUT2D eigenvalue weighted by atomic mass is 32.2. The van der Waals surface area contributed by atoms with Crippen molar-refractivity contribution >= 4 is 44.9 Å². The van der Waals surface area contributed by atoms with E-state index in [0.717, 1.165) is 32.1 Å². The van der Waals surface area contributed by atoms with E-state index in [0.29, 0.717) is 48.2 Å². The van der Waals surface area contributed by atoms with E-state index >= 15 is 0 Å². The van der Waals surface area contributed by atoms with Crippen molar-refractivity contribution in [1.29, 1.82) is 0 Å².